The third-order valence-electron chi connectivity index (χ3n) is 4.01. The fourth-order valence-corrected chi connectivity index (χ4v) is 3.34. The molecule has 0 spiro atoms. The molecule has 1 aliphatic carbocycles. The van der Waals surface area contributed by atoms with Crippen molar-refractivity contribution in [3.8, 4) is 0 Å². The Bertz CT molecular complexity index is 628. The van der Waals surface area contributed by atoms with Gasteiger partial charge in [0.15, 0.2) is 0 Å². The molecule has 4 rings (SSSR count). The van der Waals surface area contributed by atoms with E-state index in [1.807, 2.05) is 24.3 Å². The van der Waals surface area contributed by atoms with Crippen LogP contribution in [0.4, 0.5) is 0 Å². The minimum absolute atomic E-state index is 0.0999. The first-order chi connectivity index (χ1) is 9.33. The summed E-state index contributed by atoms with van der Waals surface area (Å²) in [5.41, 5.74) is 3.78. The Morgan fingerprint density at radius 3 is 2.58 bits per heavy atom. The number of benzene rings is 2. The lowest BCUT2D eigenvalue weighted by Crippen LogP contribution is -2.19. The van der Waals surface area contributed by atoms with E-state index in [1.165, 1.54) is 11.1 Å². The molecule has 2 aromatic rings. The summed E-state index contributed by atoms with van der Waals surface area (Å²) in [5.74, 6) is 0. The lowest BCUT2D eigenvalue weighted by Gasteiger charge is -2.15. The number of nitrogens with one attached hydrogen (secondary N) is 1. The van der Waals surface area contributed by atoms with Gasteiger partial charge < -0.3 is 4.74 Å². The highest BCUT2D eigenvalue weighted by Crippen LogP contribution is 2.42. The average molecular weight is 272 g/mol. The van der Waals surface area contributed by atoms with Gasteiger partial charge in [0.25, 0.3) is 0 Å². The Morgan fingerprint density at radius 1 is 1.00 bits per heavy atom. The van der Waals surface area contributed by atoms with Gasteiger partial charge in [-0.3, -0.25) is 5.32 Å². The molecule has 1 fully saturated rings. The van der Waals surface area contributed by atoms with Crippen LogP contribution in [-0.2, 0) is 11.2 Å². The summed E-state index contributed by atoms with van der Waals surface area (Å²) >= 11 is 6.24. The average Bonchev–Trinajstić information content (AvgIpc) is 2.96. The van der Waals surface area contributed by atoms with Gasteiger partial charge in [0.1, 0.15) is 6.23 Å². The van der Waals surface area contributed by atoms with Crippen LogP contribution in [0.2, 0.25) is 5.02 Å². The largest absolute Gasteiger partial charge is 0.353 e. The second-order valence-electron chi connectivity index (χ2n) is 5.12. The highest BCUT2D eigenvalue weighted by atomic mass is 35.5. The molecule has 1 aliphatic heterocycles. The van der Waals surface area contributed by atoms with Crippen molar-refractivity contribution in [2.75, 3.05) is 0 Å². The minimum atomic E-state index is -0.0999. The van der Waals surface area contributed by atoms with Gasteiger partial charge in [-0.15, -0.1) is 0 Å². The minimum Gasteiger partial charge on any atom is -0.353 e. The molecule has 1 saturated heterocycles. The van der Waals surface area contributed by atoms with Crippen LogP contribution in [0.25, 0.3) is 0 Å². The Kier molecular flexibility index (Phi) is 2.62. The second kappa shape index (κ2) is 4.34. The number of rotatable bonds is 1. The standard InChI is InChI=1S/C16H14ClNO/c17-13-8-4-3-7-12(13)16-18-15-11-6-2-1-5-10(11)9-14(15)19-16/h1-8,14-16,18H,9H2/t14-,15+,16?/m0/s1. The molecule has 1 unspecified atom stereocenters. The van der Waals surface area contributed by atoms with E-state index in [4.69, 9.17) is 16.3 Å². The zero-order valence-corrected chi connectivity index (χ0v) is 11.1. The van der Waals surface area contributed by atoms with Crippen LogP contribution in [0.3, 0.4) is 0 Å². The van der Waals surface area contributed by atoms with Crippen LogP contribution < -0.4 is 5.32 Å². The van der Waals surface area contributed by atoms with Crippen molar-refractivity contribution < 1.29 is 4.74 Å². The topological polar surface area (TPSA) is 21.3 Å². The maximum absolute atomic E-state index is 6.24. The van der Waals surface area contributed by atoms with E-state index >= 15 is 0 Å². The maximum atomic E-state index is 6.24. The zero-order chi connectivity index (χ0) is 12.8. The molecule has 2 aliphatic rings. The molecule has 19 heavy (non-hydrogen) atoms. The van der Waals surface area contributed by atoms with E-state index < -0.39 is 0 Å². The van der Waals surface area contributed by atoms with E-state index in [9.17, 15) is 0 Å². The van der Waals surface area contributed by atoms with Gasteiger partial charge in [-0.2, -0.15) is 0 Å². The predicted molar refractivity (Wildman–Crippen MR) is 75.1 cm³/mol. The van der Waals surface area contributed by atoms with Gasteiger partial charge in [0, 0.05) is 17.0 Å². The Labute approximate surface area is 117 Å². The van der Waals surface area contributed by atoms with Gasteiger partial charge in [-0.25, -0.2) is 0 Å². The fraction of sp³-hybridized carbons (Fsp3) is 0.250. The first kappa shape index (κ1) is 11.5. The summed E-state index contributed by atoms with van der Waals surface area (Å²) in [6, 6.07) is 16.7. The number of ether oxygens (including phenoxy) is 1. The van der Waals surface area contributed by atoms with Crippen LogP contribution >= 0.6 is 11.6 Å². The van der Waals surface area contributed by atoms with Crippen LogP contribution in [-0.4, -0.2) is 6.10 Å². The van der Waals surface area contributed by atoms with E-state index in [1.54, 1.807) is 0 Å². The summed E-state index contributed by atoms with van der Waals surface area (Å²) < 4.78 is 6.14. The van der Waals surface area contributed by atoms with E-state index in [-0.39, 0.29) is 18.4 Å². The Hall–Kier alpha value is -1.35. The summed E-state index contributed by atoms with van der Waals surface area (Å²) in [6.07, 6.45) is 1.10. The van der Waals surface area contributed by atoms with Crippen molar-refractivity contribution in [3.63, 3.8) is 0 Å². The van der Waals surface area contributed by atoms with Crippen molar-refractivity contribution in [3.05, 3.63) is 70.2 Å². The van der Waals surface area contributed by atoms with Gasteiger partial charge in [0.2, 0.25) is 0 Å². The predicted octanol–water partition coefficient (Wildman–Crippen LogP) is 3.62. The molecule has 2 aromatic carbocycles. The van der Waals surface area contributed by atoms with Crippen LogP contribution in [0.5, 0.6) is 0 Å². The summed E-state index contributed by atoms with van der Waals surface area (Å²) in [5, 5.41) is 4.32. The molecular formula is C16H14ClNO. The molecule has 0 amide bonds. The molecule has 1 heterocycles. The first-order valence-corrected chi connectivity index (χ1v) is 6.94. The number of hydrogen-bond donors (Lipinski definition) is 1. The maximum Gasteiger partial charge on any atom is 0.136 e. The highest BCUT2D eigenvalue weighted by Gasteiger charge is 2.42. The summed E-state index contributed by atoms with van der Waals surface area (Å²) in [6.45, 7) is 0. The van der Waals surface area contributed by atoms with Crippen molar-refractivity contribution in [2.24, 2.45) is 0 Å². The van der Waals surface area contributed by atoms with Gasteiger partial charge >= 0.3 is 0 Å². The van der Waals surface area contributed by atoms with Crippen LogP contribution in [0.1, 0.15) is 29.0 Å². The van der Waals surface area contributed by atoms with E-state index in [2.05, 4.69) is 29.6 Å². The fourth-order valence-electron chi connectivity index (χ4n) is 3.11. The quantitative estimate of drug-likeness (QED) is 0.855. The molecular weight excluding hydrogens is 258 g/mol. The molecule has 96 valence electrons. The normalized spacial score (nSPS) is 28.2. The molecule has 3 atom stereocenters. The summed E-state index contributed by atoms with van der Waals surface area (Å²) in [4.78, 5) is 0. The third-order valence-corrected chi connectivity index (χ3v) is 4.36. The molecule has 1 N–H and O–H groups in total. The molecule has 0 bridgehead atoms. The van der Waals surface area contributed by atoms with Crippen molar-refractivity contribution in [1.29, 1.82) is 0 Å². The monoisotopic (exact) mass is 271 g/mol. The Morgan fingerprint density at radius 2 is 1.74 bits per heavy atom. The first-order valence-electron chi connectivity index (χ1n) is 6.56. The van der Waals surface area contributed by atoms with Crippen LogP contribution in [0.15, 0.2) is 48.5 Å². The van der Waals surface area contributed by atoms with Gasteiger partial charge in [-0.1, -0.05) is 54.1 Å². The van der Waals surface area contributed by atoms with Gasteiger partial charge in [-0.05, 0) is 17.2 Å². The highest BCUT2D eigenvalue weighted by molar-refractivity contribution is 6.31. The smallest absolute Gasteiger partial charge is 0.136 e. The van der Waals surface area contributed by atoms with Crippen molar-refractivity contribution >= 4 is 11.6 Å². The molecule has 2 nitrogen and oxygen atoms in total. The van der Waals surface area contributed by atoms with Gasteiger partial charge in [0.05, 0.1) is 12.1 Å². The molecule has 0 saturated carbocycles. The summed E-state index contributed by atoms with van der Waals surface area (Å²) in [7, 11) is 0. The number of fused-ring (bicyclic) bond motifs is 3. The number of halogens is 1. The molecule has 0 aromatic heterocycles. The SMILES string of the molecule is Clc1ccccc1C1N[C@@H]2c3ccccc3C[C@@H]2O1. The second-order valence-corrected chi connectivity index (χ2v) is 5.53. The van der Waals surface area contributed by atoms with Crippen LogP contribution in [0, 0.1) is 0 Å². The molecule has 0 radical (unpaired) electrons. The van der Waals surface area contributed by atoms with Crippen molar-refractivity contribution in [1.82, 2.24) is 5.32 Å². The Balaban J connectivity index is 1.65. The third kappa shape index (κ3) is 1.79. The zero-order valence-electron chi connectivity index (χ0n) is 10.3. The van der Waals surface area contributed by atoms with E-state index in [0.29, 0.717) is 0 Å². The number of hydrogen-bond acceptors (Lipinski definition) is 2. The van der Waals surface area contributed by atoms with E-state index in [0.717, 1.165) is 17.0 Å². The lowest BCUT2D eigenvalue weighted by atomic mass is 10.1. The van der Waals surface area contributed by atoms with Crippen molar-refractivity contribution in [2.45, 2.75) is 24.8 Å². The molecule has 3 heteroatoms. The lowest BCUT2D eigenvalue weighted by molar-refractivity contribution is 0.0400.